The number of carboxylic acid groups (broad SMARTS) is 1. The highest BCUT2D eigenvalue weighted by Crippen LogP contribution is 2.42. The van der Waals surface area contributed by atoms with Crippen molar-refractivity contribution in [3.8, 4) is 0 Å². The smallest absolute Gasteiger partial charge is 0.290 e. The lowest BCUT2D eigenvalue weighted by Crippen LogP contribution is -2.46. The average Bonchev–Trinajstić information content (AvgIpc) is 3.48. The van der Waals surface area contributed by atoms with E-state index in [0.29, 0.717) is 13.0 Å². The van der Waals surface area contributed by atoms with Crippen LogP contribution in [-0.4, -0.2) is 56.8 Å². The van der Waals surface area contributed by atoms with Crippen LogP contribution in [0.2, 0.25) is 0 Å². The molecule has 1 saturated heterocycles. The van der Waals surface area contributed by atoms with Gasteiger partial charge in [-0.25, -0.2) is 4.98 Å². The molecule has 1 fully saturated rings. The molecule has 0 radical (unpaired) electrons. The number of piperidine rings is 1. The zero-order valence-corrected chi connectivity index (χ0v) is 19.9. The van der Waals surface area contributed by atoms with Crippen molar-refractivity contribution < 1.29 is 14.7 Å². The first-order valence-corrected chi connectivity index (χ1v) is 12.0. The largest absolute Gasteiger partial charge is 0.483 e. The number of rotatable bonds is 7. The van der Waals surface area contributed by atoms with Crippen molar-refractivity contribution in [2.75, 3.05) is 25.0 Å². The molecule has 3 heterocycles. The van der Waals surface area contributed by atoms with Crippen LogP contribution in [0.4, 0.5) is 5.13 Å². The van der Waals surface area contributed by atoms with Gasteiger partial charge in [0.2, 0.25) is 5.91 Å². The van der Waals surface area contributed by atoms with Crippen LogP contribution in [0.25, 0.3) is 0 Å². The van der Waals surface area contributed by atoms with Crippen LogP contribution in [0, 0.1) is 6.92 Å². The van der Waals surface area contributed by atoms with Crippen LogP contribution in [0.1, 0.15) is 43.1 Å². The Bertz CT molecular complexity index is 1030. The maximum atomic E-state index is 12.8. The summed E-state index contributed by atoms with van der Waals surface area (Å²) in [5.74, 6) is 0.207. The second-order valence-electron chi connectivity index (χ2n) is 7.95. The summed E-state index contributed by atoms with van der Waals surface area (Å²) in [6.45, 7) is 6.85. The number of likely N-dealkylation sites (tertiary alicyclic amines) is 1. The number of thiazole rings is 1. The number of aryl methyl sites for hydroxylation is 2. The van der Waals surface area contributed by atoms with E-state index in [-0.39, 0.29) is 17.8 Å². The third-order valence-corrected chi connectivity index (χ3v) is 6.88. The molecule has 1 aromatic carbocycles. The summed E-state index contributed by atoms with van der Waals surface area (Å²) in [6, 6.07) is 12.6. The van der Waals surface area contributed by atoms with Crippen molar-refractivity contribution in [1.29, 1.82) is 0 Å². The fraction of sp³-hybridized carbons (Fsp3) is 0.417. The number of nitrogens with one attached hydrogen (secondary N) is 1. The molecule has 1 aliphatic rings. The van der Waals surface area contributed by atoms with Gasteiger partial charge in [0, 0.05) is 55.3 Å². The van der Waals surface area contributed by atoms with Gasteiger partial charge in [-0.05, 0) is 38.3 Å². The van der Waals surface area contributed by atoms with Crippen molar-refractivity contribution in [3.63, 3.8) is 0 Å². The Morgan fingerprint density at radius 2 is 1.94 bits per heavy atom. The average molecular weight is 470 g/mol. The van der Waals surface area contributed by atoms with E-state index in [1.807, 2.05) is 22.6 Å². The van der Waals surface area contributed by atoms with E-state index in [1.165, 1.54) is 5.56 Å². The molecule has 1 amide bonds. The van der Waals surface area contributed by atoms with Gasteiger partial charge in [-0.2, -0.15) is 5.10 Å². The summed E-state index contributed by atoms with van der Waals surface area (Å²) < 4.78 is 1.90. The highest BCUT2D eigenvalue weighted by atomic mass is 32.1. The van der Waals surface area contributed by atoms with Gasteiger partial charge in [0.1, 0.15) is 0 Å². The number of hydrogen-bond donors (Lipinski definition) is 2. The van der Waals surface area contributed by atoms with Crippen LogP contribution in [0.5, 0.6) is 0 Å². The predicted molar refractivity (Wildman–Crippen MR) is 130 cm³/mol. The van der Waals surface area contributed by atoms with Gasteiger partial charge in [0.15, 0.2) is 5.13 Å². The number of anilines is 1. The maximum Gasteiger partial charge on any atom is 0.290 e. The van der Waals surface area contributed by atoms with Crippen molar-refractivity contribution in [2.24, 2.45) is 0 Å². The van der Waals surface area contributed by atoms with Gasteiger partial charge in [0.25, 0.3) is 6.47 Å². The number of hydrogen-bond acceptors (Lipinski definition) is 6. The molecule has 176 valence electrons. The number of carbonyl (C=O) groups excluding carboxylic acids is 1. The molecule has 0 atom stereocenters. The summed E-state index contributed by atoms with van der Waals surface area (Å²) in [6.07, 6.45) is 4.05. The van der Waals surface area contributed by atoms with E-state index in [1.54, 1.807) is 17.5 Å². The standard InChI is InChI=1S/C23H29N5OS.CH2O2/c1-3-24-22-26-20(17-30-22)23(19-7-5-4-6-8-19)11-15-27(16-12-23)21(29)10-14-28-18(2)9-13-25-28;2-1-3/h4-9,13,17H,3,10-12,14-16H2,1-2H3,(H,24,26);1H,(H,2,3). The lowest BCUT2D eigenvalue weighted by Gasteiger charge is -2.41. The first-order chi connectivity index (χ1) is 16.0. The predicted octanol–water partition coefficient (Wildman–Crippen LogP) is 3.78. The van der Waals surface area contributed by atoms with Crippen LogP contribution in [-0.2, 0) is 21.5 Å². The Labute approximate surface area is 198 Å². The van der Waals surface area contributed by atoms with Crippen LogP contribution < -0.4 is 5.32 Å². The lowest BCUT2D eigenvalue weighted by molar-refractivity contribution is -0.133. The monoisotopic (exact) mass is 469 g/mol. The summed E-state index contributed by atoms with van der Waals surface area (Å²) in [5.41, 5.74) is 3.36. The Hall–Kier alpha value is -3.20. The molecule has 1 aliphatic heterocycles. The fourth-order valence-electron chi connectivity index (χ4n) is 4.31. The first kappa shape index (κ1) is 24.4. The minimum Gasteiger partial charge on any atom is -0.483 e. The van der Waals surface area contributed by atoms with Crippen LogP contribution in [0.15, 0.2) is 48.0 Å². The van der Waals surface area contributed by atoms with Gasteiger partial charge >= 0.3 is 0 Å². The van der Waals surface area contributed by atoms with Gasteiger partial charge < -0.3 is 15.3 Å². The number of aromatic nitrogens is 3. The van der Waals surface area contributed by atoms with E-state index in [0.717, 1.165) is 49.0 Å². The highest BCUT2D eigenvalue weighted by Gasteiger charge is 2.40. The van der Waals surface area contributed by atoms with Gasteiger partial charge in [-0.3, -0.25) is 14.3 Å². The summed E-state index contributed by atoms with van der Waals surface area (Å²) in [7, 11) is 0. The number of carbonyl (C=O) groups is 2. The summed E-state index contributed by atoms with van der Waals surface area (Å²) in [5, 5.41) is 17.7. The molecular formula is C24H31N5O3S. The van der Waals surface area contributed by atoms with Gasteiger partial charge in [-0.15, -0.1) is 11.3 Å². The van der Waals surface area contributed by atoms with Gasteiger partial charge in [0.05, 0.1) is 5.69 Å². The third-order valence-electron chi connectivity index (χ3n) is 6.08. The van der Waals surface area contributed by atoms with Crippen LogP contribution in [0.3, 0.4) is 0 Å². The van der Waals surface area contributed by atoms with Crippen molar-refractivity contribution >= 4 is 28.8 Å². The molecule has 9 heteroatoms. The third kappa shape index (κ3) is 5.78. The Kier molecular flexibility index (Phi) is 8.59. The van der Waals surface area contributed by atoms with Gasteiger partial charge in [-0.1, -0.05) is 30.3 Å². The highest BCUT2D eigenvalue weighted by molar-refractivity contribution is 7.13. The quantitative estimate of drug-likeness (QED) is 0.511. The second-order valence-corrected chi connectivity index (χ2v) is 8.81. The Morgan fingerprint density at radius 3 is 2.55 bits per heavy atom. The van der Waals surface area contributed by atoms with Crippen molar-refractivity contribution in [2.45, 2.75) is 45.1 Å². The van der Waals surface area contributed by atoms with E-state index in [4.69, 9.17) is 14.9 Å². The molecule has 4 rings (SSSR count). The Balaban J connectivity index is 0.000000968. The molecule has 0 saturated carbocycles. The zero-order chi connectivity index (χ0) is 23.7. The van der Waals surface area contributed by atoms with Crippen molar-refractivity contribution in [3.05, 3.63) is 64.9 Å². The molecular weight excluding hydrogens is 438 g/mol. The van der Waals surface area contributed by atoms with Crippen molar-refractivity contribution in [1.82, 2.24) is 19.7 Å². The molecule has 0 unspecified atom stereocenters. The number of amides is 1. The topological polar surface area (TPSA) is 100 Å². The molecule has 0 aliphatic carbocycles. The molecule has 8 nitrogen and oxygen atoms in total. The summed E-state index contributed by atoms with van der Waals surface area (Å²) in [4.78, 5) is 28.1. The maximum absolute atomic E-state index is 12.8. The number of nitrogens with zero attached hydrogens (tertiary/aromatic N) is 4. The zero-order valence-electron chi connectivity index (χ0n) is 19.1. The van der Waals surface area contributed by atoms with Crippen LogP contribution >= 0.6 is 11.3 Å². The van der Waals surface area contributed by atoms with E-state index < -0.39 is 0 Å². The van der Waals surface area contributed by atoms with E-state index >= 15 is 0 Å². The number of benzene rings is 1. The molecule has 2 N–H and O–H groups in total. The van der Waals surface area contributed by atoms with E-state index in [9.17, 15) is 4.79 Å². The minimum atomic E-state index is -0.250. The second kappa shape index (κ2) is 11.6. The lowest BCUT2D eigenvalue weighted by atomic mass is 9.70. The molecule has 0 spiro atoms. The molecule has 0 bridgehead atoms. The molecule has 3 aromatic rings. The SMILES string of the molecule is CCNc1nc(C2(c3ccccc3)CCN(C(=O)CCn3nccc3C)CC2)cs1.O=CO. The molecule has 33 heavy (non-hydrogen) atoms. The Morgan fingerprint density at radius 1 is 1.24 bits per heavy atom. The minimum absolute atomic E-state index is 0.138. The van der Waals surface area contributed by atoms with E-state index in [2.05, 4.69) is 53.1 Å². The first-order valence-electron chi connectivity index (χ1n) is 11.1. The summed E-state index contributed by atoms with van der Waals surface area (Å²) >= 11 is 1.66. The normalized spacial score (nSPS) is 14.8. The fourth-order valence-corrected chi connectivity index (χ4v) is 5.19. The molecule has 2 aromatic heterocycles.